The molecule has 0 aliphatic carbocycles. The lowest BCUT2D eigenvalue weighted by Crippen LogP contribution is -2.50. The van der Waals surface area contributed by atoms with Gasteiger partial charge in [0.2, 0.25) is 11.8 Å². The van der Waals surface area contributed by atoms with Crippen molar-refractivity contribution in [2.24, 2.45) is 5.73 Å². The minimum atomic E-state index is -0.118. The first-order valence-electron chi connectivity index (χ1n) is 5.31. The number of nitrogens with zero attached hydrogens (tertiary/aromatic N) is 1. The molecule has 1 aliphatic heterocycles. The van der Waals surface area contributed by atoms with Crippen LogP contribution in [0.2, 0.25) is 0 Å². The number of amides is 2. The fraction of sp³-hybridized carbons (Fsp3) is 0.800. The number of carbonyl (C=O) groups excluding carboxylic acids is 2. The van der Waals surface area contributed by atoms with Crippen molar-refractivity contribution < 1.29 is 9.59 Å². The average Bonchev–Trinajstić information content (AvgIpc) is 2.10. The third-order valence-corrected chi connectivity index (χ3v) is 2.32. The third-order valence-electron chi connectivity index (χ3n) is 2.32. The minimum absolute atomic E-state index is 0.00884. The van der Waals surface area contributed by atoms with Gasteiger partial charge in [0.1, 0.15) is 0 Å². The first-order chi connectivity index (χ1) is 6.99. The molecule has 1 unspecified atom stereocenters. The Morgan fingerprint density at radius 1 is 1.67 bits per heavy atom. The average molecular weight is 213 g/mol. The van der Waals surface area contributed by atoms with E-state index in [-0.39, 0.29) is 30.4 Å². The summed E-state index contributed by atoms with van der Waals surface area (Å²) in [5.41, 5.74) is 5.74. The molecule has 0 radical (unpaired) electrons. The van der Waals surface area contributed by atoms with Crippen LogP contribution >= 0.6 is 0 Å². The first kappa shape index (κ1) is 12.0. The van der Waals surface area contributed by atoms with Crippen molar-refractivity contribution in [1.82, 2.24) is 10.2 Å². The quantitative estimate of drug-likeness (QED) is 0.661. The number of carbonyl (C=O) groups is 2. The molecule has 0 aromatic heterocycles. The van der Waals surface area contributed by atoms with E-state index in [0.29, 0.717) is 13.0 Å². The van der Waals surface area contributed by atoms with Gasteiger partial charge in [-0.05, 0) is 20.3 Å². The molecule has 2 amide bonds. The monoisotopic (exact) mass is 213 g/mol. The number of rotatable bonds is 3. The van der Waals surface area contributed by atoms with E-state index < -0.39 is 0 Å². The molecule has 15 heavy (non-hydrogen) atoms. The van der Waals surface area contributed by atoms with Crippen LogP contribution in [0.5, 0.6) is 0 Å². The van der Waals surface area contributed by atoms with E-state index >= 15 is 0 Å². The van der Waals surface area contributed by atoms with Crippen LogP contribution in [0.3, 0.4) is 0 Å². The minimum Gasteiger partial charge on any atom is -0.352 e. The molecule has 0 aromatic rings. The zero-order chi connectivity index (χ0) is 11.4. The highest BCUT2D eigenvalue weighted by Crippen LogP contribution is 2.09. The van der Waals surface area contributed by atoms with Crippen LogP contribution in [-0.4, -0.2) is 41.9 Å². The van der Waals surface area contributed by atoms with Gasteiger partial charge >= 0.3 is 0 Å². The topological polar surface area (TPSA) is 75.4 Å². The summed E-state index contributed by atoms with van der Waals surface area (Å²) in [4.78, 5) is 24.4. The standard InChI is InChI=1S/C10H19N3O2/c1-7(2)12-9(14)6-13-5-8(11)3-4-10(13)15/h7-8H,3-6,11H2,1-2H3,(H,12,14). The molecule has 0 saturated carbocycles. The zero-order valence-electron chi connectivity index (χ0n) is 9.32. The van der Waals surface area contributed by atoms with Crippen molar-refractivity contribution in [2.45, 2.75) is 38.8 Å². The number of piperidine rings is 1. The van der Waals surface area contributed by atoms with Crippen molar-refractivity contribution in [3.8, 4) is 0 Å². The largest absolute Gasteiger partial charge is 0.352 e. The number of nitrogens with one attached hydrogen (secondary N) is 1. The lowest BCUT2D eigenvalue weighted by atomic mass is 10.1. The summed E-state index contributed by atoms with van der Waals surface area (Å²) in [5, 5.41) is 2.75. The predicted molar refractivity (Wildman–Crippen MR) is 57.1 cm³/mol. The normalized spacial score (nSPS) is 22.0. The Bertz CT molecular complexity index is 253. The maximum Gasteiger partial charge on any atom is 0.239 e. The molecule has 5 nitrogen and oxygen atoms in total. The maximum absolute atomic E-state index is 11.5. The molecule has 0 aromatic carbocycles. The Morgan fingerprint density at radius 2 is 2.33 bits per heavy atom. The fourth-order valence-electron chi connectivity index (χ4n) is 1.64. The summed E-state index contributed by atoms with van der Waals surface area (Å²) in [7, 11) is 0. The van der Waals surface area contributed by atoms with E-state index in [9.17, 15) is 9.59 Å². The molecule has 1 heterocycles. The van der Waals surface area contributed by atoms with Gasteiger partial charge in [-0.15, -0.1) is 0 Å². The SMILES string of the molecule is CC(C)NC(=O)CN1CC(N)CCC1=O. The van der Waals surface area contributed by atoms with Crippen LogP contribution in [0.1, 0.15) is 26.7 Å². The van der Waals surface area contributed by atoms with Gasteiger partial charge in [0.05, 0.1) is 6.54 Å². The summed E-state index contributed by atoms with van der Waals surface area (Å²) in [6, 6.07) is 0.112. The van der Waals surface area contributed by atoms with E-state index in [4.69, 9.17) is 5.73 Å². The fourth-order valence-corrected chi connectivity index (χ4v) is 1.64. The third kappa shape index (κ3) is 3.87. The highest BCUT2D eigenvalue weighted by Gasteiger charge is 2.24. The smallest absolute Gasteiger partial charge is 0.239 e. The molecule has 1 fully saturated rings. The summed E-state index contributed by atoms with van der Waals surface area (Å²) in [6.45, 7) is 4.40. The van der Waals surface area contributed by atoms with Gasteiger partial charge in [0, 0.05) is 25.0 Å². The highest BCUT2D eigenvalue weighted by atomic mass is 16.2. The highest BCUT2D eigenvalue weighted by molar-refractivity contribution is 5.85. The second kappa shape index (κ2) is 5.11. The molecule has 1 rings (SSSR count). The molecule has 1 aliphatic rings. The van der Waals surface area contributed by atoms with Crippen LogP contribution in [-0.2, 0) is 9.59 Å². The van der Waals surface area contributed by atoms with Crippen LogP contribution in [0.25, 0.3) is 0 Å². The Labute approximate surface area is 90.0 Å². The molecule has 3 N–H and O–H groups in total. The number of nitrogens with two attached hydrogens (primary N) is 1. The van der Waals surface area contributed by atoms with Crippen molar-refractivity contribution in [3.05, 3.63) is 0 Å². The second-order valence-corrected chi connectivity index (χ2v) is 4.30. The van der Waals surface area contributed by atoms with Crippen molar-refractivity contribution in [2.75, 3.05) is 13.1 Å². The summed E-state index contributed by atoms with van der Waals surface area (Å²) in [6.07, 6.45) is 1.18. The molecule has 1 atom stereocenters. The predicted octanol–water partition coefficient (Wildman–Crippen LogP) is -0.539. The summed E-state index contributed by atoms with van der Waals surface area (Å²) >= 11 is 0. The summed E-state index contributed by atoms with van der Waals surface area (Å²) < 4.78 is 0. The van der Waals surface area contributed by atoms with Crippen LogP contribution in [0.15, 0.2) is 0 Å². The molecular formula is C10H19N3O2. The van der Waals surface area contributed by atoms with E-state index in [1.54, 1.807) is 0 Å². The zero-order valence-corrected chi connectivity index (χ0v) is 9.32. The first-order valence-corrected chi connectivity index (χ1v) is 5.31. The molecular weight excluding hydrogens is 194 g/mol. The Hall–Kier alpha value is -1.10. The van der Waals surface area contributed by atoms with Gasteiger partial charge in [-0.3, -0.25) is 9.59 Å². The Kier molecular flexibility index (Phi) is 4.08. The van der Waals surface area contributed by atoms with E-state index in [2.05, 4.69) is 5.32 Å². The molecule has 0 bridgehead atoms. The second-order valence-electron chi connectivity index (χ2n) is 4.30. The van der Waals surface area contributed by atoms with E-state index in [0.717, 1.165) is 6.42 Å². The van der Waals surface area contributed by atoms with Gasteiger partial charge in [-0.1, -0.05) is 0 Å². The van der Waals surface area contributed by atoms with Gasteiger partial charge in [0.25, 0.3) is 0 Å². The van der Waals surface area contributed by atoms with Crippen LogP contribution in [0.4, 0.5) is 0 Å². The maximum atomic E-state index is 11.5. The molecule has 5 heteroatoms. The summed E-state index contributed by atoms with van der Waals surface area (Å²) in [5.74, 6) is -0.0944. The Balaban J connectivity index is 2.42. The number of hydrogen-bond acceptors (Lipinski definition) is 3. The van der Waals surface area contributed by atoms with E-state index in [1.165, 1.54) is 4.90 Å². The molecule has 86 valence electrons. The Morgan fingerprint density at radius 3 is 2.93 bits per heavy atom. The lowest BCUT2D eigenvalue weighted by Gasteiger charge is -2.30. The van der Waals surface area contributed by atoms with Gasteiger partial charge < -0.3 is 16.0 Å². The van der Waals surface area contributed by atoms with Gasteiger partial charge in [-0.25, -0.2) is 0 Å². The van der Waals surface area contributed by atoms with Gasteiger partial charge in [-0.2, -0.15) is 0 Å². The van der Waals surface area contributed by atoms with Crippen molar-refractivity contribution >= 4 is 11.8 Å². The number of hydrogen-bond donors (Lipinski definition) is 2. The van der Waals surface area contributed by atoms with Crippen LogP contribution < -0.4 is 11.1 Å². The molecule has 1 saturated heterocycles. The van der Waals surface area contributed by atoms with Crippen LogP contribution in [0, 0.1) is 0 Å². The lowest BCUT2D eigenvalue weighted by molar-refractivity contribution is -0.138. The van der Waals surface area contributed by atoms with Crippen molar-refractivity contribution in [1.29, 1.82) is 0 Å². The number of likely N-dealkylation sites (tertiary alicyclic amines) is 1. The van der Waals surface area contributed by atoms with E-state index in [1.807, 2.05) is 13.8 Å². The van der Waals surface area contributed by atoms with Crippen molar-refractivity contribution in [3.63, 3.8) is 0 Å². The molecule has 0 spiro atoms. The van der Waals surface area contributed by atoms with Gasteiger partial charge in [0.15, 0.2) is 0 Å².